The highest BCUT2D eigenvalue weighted by Crippen LogP contribution is 2.17. The van der Waals surface area contributed by atoms with Crippen molar-refractivity contribution in [1.82, 2.24) is 9.55 Å². The van der Waals surface area contributed by atoms with Crippen LogP contribution in [0.4, 0.5) is 5.69 Å². The third-order valence-electron chi connectivity index (χ3n) is 2.98. The van der Waals surface area contributed by atoms with Crippen molar-refractivity contribution in [2.75, 3.05) is 5.73 Å². The first-order valence-corrected chi connectivity index (χ1v) is 6.24. The summed E-state index contributed by atoms with van der Waals surface area (Å²) in [7, 11) is 0. The van der Waals surface area contributed by atoms with Crippen molar-refractivity contribution in [3.05, 3.63) is 63.5 Å². The van der Waals surface area contributed by atoms with Gasteiger partial charge in [-0.15, -0.1) is 0 Å². The molecular weight excluding hydrogens is 278 g/mol. The molecule has 20 heavy (non-hydrogen) atoms. The molecule has 0 fully saturated rings. The summed E-state index contributed by atoms with van der Waals surface area (Å²) < 4.78 is 1.07. The Labute approximate surface area is 118 Å². The number of hydrogen-bond donors (Lipinski definition) is 2. The number of carbonyl (C=O) groups excluding carboxylic acids is 1. The molecule has 0 spiro atoms. The fraction of sp³-hybridized carbons (Fsp3) is 0. The first-order valence-electron chi connectivity index (χ1n) is 5.87. The predicted molar refractivity (Wildman–Crippen MR) is 78.2 cm³/mol. The normalized spacial score (nSPS) is 10.8. The van der Waals surface area contributed by atoms with Crippen LogP contribution >= 0.6 is 11.6 Å². The lowest BCUT2D eigenvalue weighted by molar-refractivity contribution is 0.0961. The van der Waals surface area contributed by atoms with E-state index in [4.69, 9.17) is 17.3 Å². The molecule has 0 aliphatic rings. The van der Waals surface area contributed by atoms with Crippen LogP contribution in [0.2, 0.25) is 5.02 Å². The zero-order valence-electron chi connectivity index (χ0n) is 10.3. The van der Waals surface area contributed by atoms with Crippen LogP contribution < -0.4 is 11.4 Å². The van der Waals surface area contributed by atoms with Gasteiger partial charge in [0, 0.05) is 16.3 Å². The minimum atomic E-state index is -0.504. The van der Waals surface area contributed by atoms with Crippen LogP contribution in [0, 0.1) is 0 Å². The van der Waals surface area contributed by atoms with Crippen molar-refractivity contribution in [3.63, 3.8) is 0 Å². The third-order valence-corrected chi connectivity index (χ3v) is 3.22. The SMILES string of the molecule is Nc1ccc2c(c1)[nH]c(=O)n2C(=O)c1cccc(Cl)c1. The van der Waals surface area contributed by atoms with E-state index in [1.807, 2.05) is 0 Å². The number of anilines is 1. The van der Waals surface area contributed by atoms with Crippen molar-refractivity contribution in [1.29, 1.82) is 0 Å². The summed E-state index contributed by atoms with van der Waals surface area (Å²) in [6.07, 6.45) is 0. The Balaban J connectivity index is 2.22. The molecule has 0 bridgehead atoms. The quantitative estimate of drug-likeness (QED) is 0.674. The fourth-order valence-corrected chi connectivity index (χ4v) is 2.27. The number of H-pyrrole nitrogens is 1. The topological polar surface area (TPSA) is 80.9 Å². The van der Waals surface area contributed by atoms with Crippen molar-refractivity contribution in [3.8, 4) is 0 Å². The van der Waals surface area contributed by atoms with Gasteiger partial charge in [0.25, 0.3) is 5.91 Å². The van der Waals surface area contributed by atoms with E-state index >= 15 is 0 Å². The van der Waals surface area contributed by atoms with Gasteiger partial charge >= 0.3 is 5.69 Å². The Morgan fingerprint density at radius 1 is 1.20 bits per heavy atom. The summed E-state index contributed by atoms with van der Waals surface area (Å²) in [4.78, 5) is 27.0. The van der Waals surface area contributed by atoms with Gasteiger partial charge < -0.3 is 10.7 Å². The van der Waals surface area contributed by atoms with Crippen LogP contribution in [-0.4, -0.2) is 15.5 Å². The Morgan fingerprint density at radius 3 is 2.75 bits per heavy atom. The summed E-state index contributed by atoms with van der Waals surface area (Å²) in [5.74, 6) is -0.437. The van der Waals surface area contributed by atoms with Gasteiger partial charge in [0.15, 0.2) is 0 Å². The van der Waals surface area contributed by atoms with Gasteiger partial charge in [0.05, 0.1) is 11.0 Å². The summed E-state index contributed by atoms with van der Waals surface area (Å²) >= 11 is 5.87. The zero-order chi connectivity index (χ0) is 14.3. The van der Waals surface area contributed by atoms with Gasteiger partial charge in [0.1, 0.15) is 0 Å². The third kappa shape index (κ3) is 1.98. The lowest BCUT2D eigenvalue weighted by Gasteiger charge is -2.03. The lowest BCUT2D eigenvalue weighted by Crippen LogP contribution is -2.24. The van der Waals surface area contributed by atoms with Gasteiger partial charge in [-0.05, 0) is 36.4 Å². The Bertz CT molecular complexity index is 880. The molecule has 3 rings (SSSR count). The molecule has 1 aromatic heterocycles. The van der Waals surface area contributed by atoms with E-state index < -0.39 is 11.6 Å². The van der Waals surface area contributed by atoms with Crippen LogP contribution in [-0.2, 0) is 0 Å². The van der Waals surface area contributed by atoms with E-state index in [1.165, 1.54) is 6.07 Å². The number of imidazole rings is 1. The minimum absolute atomic E-state index is 0.345. The van der Waals surface area contributed by atoms with Crippen molar-refractivity contribution in [2.24, 2.45) is 0 Å². The van der Waals surface area contributed by atoms with Crippen LogP contribution in [0.25, 0.3) is 11.0 Å². The highest BCUT2D eigenvalue weighted by atomic mass is 35.5. The smallest absolute Gasteiger partial charge is 0.333 e. The molecule has 0 saturated carbocycles. The number of rotatable bonds is 1. The second-order valence-corrected chi connectivity index (χ2v) is 4.79. The maximum atomic E-state index is 12.4. The molecule has 0 aliphatic carbocycles. The molecule has 100 valence electrons. The molecule has 0 saturated heterocycles. The second-order valence-electron chi connectivity index (χ2n) is 4.36. The molecule has 0 aliphatic heterocycles. The molecule has 0 radical (unpaired) electrons. The number of nitrogens with two attached hydrogens (primary N) is 1. The lowest BCUT2D eigenvalue weighted by atomic mass is 10.2. The fourth-order valence-electron chi connectivity index (χ4n) is 2.08. The number of benzene rings is 2. The van der Waals surface area contributed by atoms with Crippen LogP contribution in [0.1, 0.15) is 10.4 Å². The van der Waals surface area contributed by atoms with Gasteiger partial charge in [0.2, 0.25) is 0 Å². The molecule has 1 heterocycles. The van der Waals surface area contributed by atoms with Crippen molar-refractivity contribution in [2.45, 2.75) is 0 Å². The molecule has 0 atom stereocenters. The Morgan fingerprint density at radius 2 is 2.00 bits per heavy atom. The molecule has 3 N–H and O–H groups in total. The first kappa shape index (κ1) is 12.5. The number of aromatic amines is 1. The molecule has 0 unspecified atom stereocenters. The number of hydrogen-bond acceptors (Lipinski definition) is 3. The standard InChI is InChI=1S/C14H10ClN3O2/c15-9-3-1-2-8(6-9)13(19)18-12-5-4-10(16)7-11(12)17-14(18)20/h1-7H,16H2,(H,17,20). The number of nitrogens with one attached hydrogen (secondary N) is 1. The maximum Gasteiger partial charge on any atom is 0.333 e. The number of aromatic nitrogens is 2. The van der Waals surface area contributed by atoms with E-state index in [1.54, 1.807) is 36.4 Å². The summed E-state index contributed by atoms with van der Waals surface area (Å²) in [6.45, 7) is 0. The highest BCUT2D eigenvalue weighted by molar-refractivity contribution is 6.31. The number of carbonyl (C=O) groups is 1. The monoisotopic (exact) mass is 287 g/mol. The molecule has 5 nitrogen and oxygen atoms in total. The second kappa shape index (κ2) is 4.54. The summed E-state index contributed by atoms with van der Waals surface area (Å²) in [6, 6.07) is 11.3. The number of nitrogens with zero attached hydrogens (tertiary/aromatic N) is 1. The predicted octanol–water partition coefficient (Wildman–Crippen LogP) is 2.25. The Hall–Kier alpha value is -2.53. The van der Waals surface area contributed by atoms with E-state index in [0.717, 1.165) is 4.57 Å². The van der Waals surface area contributed by atoms with Crippen LogP contribution in [0.15, 0.2) is 47.3 Å². The molecule has 6 heteroatoms. The van der Waals surface area contributed by atoms with E-state index in [9.17, 15) is 9.59 Å². The molecule has 0 amide bonds. The van der Waals surface area contributed by atoms with Gasteiger partial charge in [-0.25, -0.2) is 9.36 Å². The zero-order valence-corrected chi connectivity index (χ0v) is 11.0. The summed E-state index contributed by atoms with van der Waals surface area (Å²) in [5, 5.41) is 0.438. The number of nitrogen functional groups attached to an aromatic ring is 1. The van der Waals surface area contributed by atoms with Crippen LogP contribution in [0.3, 0.4) is 0 Å². The van der Waals surface area contributed by atoms with Gasteiger partial charge in [-0.1, -0.05) is 17.7 Å². The first-order chi connectivity index (χ1) is 9.56. The average molecular weight is 288 g/mol. The molecule has 3 aromatic rings. The van der Waals surface area contributed by atoms with Gasteiger partial charge in [-0.2, -0.15) is 0 Å². The largest absolute Gasteiger partial charge is 0.399 e. The van der Waals surface area contributed by atoms with Crippen molar-refractivity contribution >= 4 is 34.2 Å². The summed E-state index contributed by atoms with van der Waals surface area (Å²) in [5.41, 5.74) is 7.01. The van der Waals surface area contributed by atoms with Gasteiger partial charge in [-0.3, -0.25) is 4.79 Å². The molecule has 2 aromatic carbocycles. The van der Waals surface area contributed by atoms with E-state index in [0.29, 0.717) is 27.3 Å². The van der Waals surface area contributed by atoms with E-state index in [2.05, 4.69) is 4.98 Å². The molecular formula is C14H10ClN3O2. The van der Waals surface area contributed by atoms with Crippen LogP contribution in [0.5, 0.6) is 0 Å². The van der Waals surface area contributed by atoms with Crippen molar-refractivity contribution < 1.29 is 4.79 Å². The highest BCUT2D eigenvalue weighted by Gasteiger charge is 2.16. The number of fused-ring (bicyclic) bond motifs is 1. The van der Waals surface area contributed by atoms with E-state index in [-0.39, 0.29) is 0 Å². The number of halogens is 1. The maximum absolute atomic E-state index is 12.4. The average Bonchev–Trinajstić information content (AvgIpc) is 2.73. The minimum Gasteiger partial charge on any atom is -0.399 e. The Kier molecular flexibility index (Phi) is 2.84.